The highest BCUT2D eigenvalue weighted by molar-refractivity contribution is 7.16. The molecular formula is C10H12N2S. The molecule has 2 nitrogen and oxygen atoms in total. The van der Waals surface area contributed by atoms with Gasteiger partial charge in [-0.15, -0.1) is 11.3 Å². The fourth-order valence-corrected chi connectivity index (χ4v) is 1.96. The molecule has 2 aromatic rings. The summed E-state index contributed by atoms with van der Waals surface area (Å²) in [4.78, 5) is 8.46. The quantitative estimate of drug-likeness (QED) is 0.730. The fourth-order valence-electron chi connectivity index (χ4n) is 1.27. The molecule has 13 heavy (non-hydrogen) atoms. The number of rotatable bonds is 2. The molecule has 2 aromatic heterocycles. The van der Waals surface area contributed by atoms with Crippen LogP contribution in [0.2, 0.25) is 0 Å². The monoisotopic (exact) mass is 192 g/mol. The second kappa shape index (κ2) is 3.42. The molecule has 3 heteroatoms. The highest BCUT2D eigenvalue weighted by Crippen LogP contribution is 2.23. The van der Waals surface area contributed by atoms with E-state index in [1.807, 2.05) is 11.7 Å². The molecule has 0 aliphatic carbocycles. The number of pyridine rings is 1. The van der Waals surface area contributed by atoms with Gasteiger partial charge in [0.05, 0.1) is 10.2 Å². The van der Waals surface area contributed by atoms with Crippen molar-refractivity contribution >= 4 is 21.7 Å². The van der Waals surface area contributed by atoms with E-state index >= 15 is 0 Å². The van der Waals surface area contributed by atoms with Crippen LogP contribution in [0.4, 0.5) is 0 Å². The van der Waals surface area contributed by atoms with Gasteiger partial charge in [0.15, 0.2) is 5.65 Å². The van der Waals surface area contributed by atoms with Crippen LogP contribution < -0.4 is 0 Å². The summed E-state index contributed by atoms with van der Waals surface area (Å²) < 4.78 is 1.19. The lowest BCUT2D eigenvalue weighted by atomic mass is 10.0. The van der Waals surface area contributed by atoms with Gasteiger partial charge in [-0.2, -0.15) is 0 Å². The maximum atomic E-state index is 4.31. The van der Waals surface area contributed by atoms with E-state index in [0.29, 0.717) is 5.92 Å². The van der Waals surface area contributed by atoms with Crippen molar-refractivity contribution in [3.8, 4) is 0 Å². The Hall–Kier alpha value is -0.960. The molecule has 0 saturated carbocycles. The molecule has 0 bridgehead atoms. The van der Waals surface area contributed by atoms with Crippen molar-refractivity contribution in [2.24, 2.45) is 0 Å². The van der Waals surface area contributed by atoms with Crippen molar-refractivity contribution in [3.05, 3.63) is 23.3 Å². The summed E-state index contributed by atoms with van der Waals surface area (Å²) in [5, 5.41) is 0. The zero-order chi connectivity index (χ0) is 9.26. The molecule has 2 rings (SSSR count). The fraction of sp³-hybridized carbons (Fsp3) is 0.400. The molecule has 0 saturated heterocycles. The second-order valence-electron chi connectivity index (χ2n) is 3.25. The van der Waals surface area contributed by atoms with Gasteiger partial charge >= 0.3 is 0 Å². The Balaban J connectivity index is 2.48. The van der Waals surface area contributed by atoms with Gasteiger partial charge in [0.1, 0.15) is 0 Å². The van der Waals surface area contributed by atoms with E-state index in [4.69, 9.17) is 0 Å². The molecular weight excluding hydrogens is 180 g/mol. The SMILES string of the molecule is CCC(C)c1cnc2ncsc2c1. The van der Waals surface area contributed by atoms with Gasteiger partial charge < -0.3 is 0 Å². The molecule has 1 unspecified atom stereocenters. The Kier molecular flexibility index (Phi) is 2.27. The van der Waals surface area contributed by atoms with Crippen LogP contribution in [0, 0.1) is 0 Å². The first-order valence-corrected chi connectivity index (χ1v) is 5.38. The zero-order valence-electron chi connectivity index (χ0n) is 7.82. The smallest absolute Gasteiger partial charge is 0.170 e. The van der Waals surface area contributed by atoms with Crippen molar-refractivity contribution in [2.75, 3.05) is 0 Å². The first-order chi connectivity index (χ1) is 6.31. The third-order valence-corrected chi connectivity index (χ3v) is 3.16. The minimum atomic E-state index is 0.596. The number of thiazole rings is 1. The third-order valence-electron chi connectivity index (χ3n) is 2.39. The molecule has 2 heterocycles. The van der Waals surface area contributed by atoms with Crippen LogP contribution >= 0.6 is 11.3 Å². The summed E-state index contributed by atoms with van der Waals surface area (Å²) in [5.74, 6) is 0.596. The average Bonchev–Trinajstić information content (AvgIpc) is 2.63. The first-order valence-electron chi connectivity index (χ1n) is 4.50. The molecule has 1 atom stereocenters. The van der Waals surface area contributed by atoms with Crippen molar-refractivity contribution < 1.29 is 0 Å². The average molecular weight is 192 g/mol. The van der Waals surface area contributed by atoms with Gasteiger partial charge in [-0.3, -0.25) is 0 Å². The Labute approximate surface area is 81.7 Å². The summed E-state index contributed by atoms with van der Waals surface area (Å²) >= 11 is 1.66. The summed E-state index contributed by atoms with van der Waals surface area (Å²) in [6.45, 7) is 4.42. The topological polar surface area (TPSA) is 25.8 Å². The summed E-state index contributed by atoms with van der Waals surface area (Å²) in [5.41, 5.74) is 4.04. The van der Waals surface area contributed by atoms with Crippen LogP contribution in [0.5, 0.6) is 0 Å². The van der Waals surface area contributed by atoms with Gasteiger partial charge in [-0.1, -0.05) is 13.8 Å². The second-order valence-corrected chi connectivity index (χ2v) is 4.14. The molecule has 0 aromatic carbocycles. The van der Waals surface area contributed by atoms with Crippen LogP contribution in [-0.4, -0.2) is 9.97 Å². The standard InChI is InChI=1S/C10H12N2S/c1-3-7(2)8-4-9-10(11-5-8)12-6-13-9/h4-7H,3H2,1-2H3. The van der Waals surface area contributed by atoms with E-state index in [1.165, 1.54) is 10.3 Å². The van der Waals surface area contributed by atoms with Crippen molar-refractivity contribution in [1.29, 1.82) is 0 Å². The summed E-state index contributed by atoms with van der Waals surface area (Å²) in [6.07, 6.45) is 3.10. The number of hydrogen-bond acceptors (Lipinski definition) is 3. The number of fused-ring (bicyclic) bond motifs is 1. The Morgan fingerprint density at radius 1 is 1.46 bits per heavy atom. The van der Waals surface area contributed by atoms with Crippen molar-refractivity contribution in [1.82, 2.24) is 9.97 Å². The lowest BCUT2D eigenvalue weighted by molar-refractivity contribution is 0.731. The largest absolute Gasteiger partial charge is 0.236 e. The van der Waals surface area contributed by atoms with Gasteiger partial charge in [0.25, 0.3) is 0 Å². The molecule has 0 radical (unpaired) electrons. The summed E-state index contributed by atoms with van der Waals surface area (Å²) in [7, 11) is 0. The van der Waals surface area contributed by atoms with Crippen molar-refractivity contribution in [3.63, 3.8) is 0 Å². The minimum absolute atomic E-state index is 0.596. The van der Waals surface area contributed by atoms with E-state index in [-0.39, 0.29) is 0 Å². The van der Waals surface area contributed by atoms with Crippen LogP contribution in [0.1, 0.15) is 31.7 Å². The van der Waals surface area contributed by atoms with Crippen molar-refractivity contribution in [2.45, 2.75) is 26.2 Å². The van der Waals surface area contributed by atoms with E-state index in [0.717, 1.165) is 12.1 Å². The highest BCUT2D eigenvalue weighted by atomic mass is 32.1. The number of hydrogen-bond donors (Lipinski definition) is 0. The Bertz CT molecular complexity index is 408. The van der Waals surface area contributed by atoms with Gasteiger partial charge in [-0.05, 0) is 24.0 Å². The van der Waals surface area contributed by atoms with E-state index in [9.17, 15) is 0 Å². The zero-order valence-corrected chi connectivity index (χ0v) is 8.64. The van der Waals surface area contributed by atoms with Crippen LogP contribution in [0.25, 0.3) is 10.3 Å². The molecule has 0 fully saturated rings. The molecule has 0 N–H and O–H groups in total. The van der Waals surface area contributed by atoms with Gasteiger partial charge in [-0.25, -0.2) is 9.97 Å². The van der Waals surface area contributed by atoms with Gasteiger partial charge in [0, 0.05) is 6.20 Å². The number of nitrogens with zero attached hydrogens (tertiary/aromatic N) is 2. The summed E-state index contributed by atoms with van der Waals surface area (Å²) in [6, 6.07) is 2.20. The van der Waals surface area contributed by atoms with Gasteiger partial charge in [0.2, 0.25) is 0 Å². The van der Waals surface area contributed by atoms with E-state index < -0.39 is 0 Å². The molecule has 0 spiro atoms. The Morgan fingerprint density at radius 2 is 2.31 bits per heavy atom. The van der Waals surface area contributed by atoms with E-state index in [1.54, 1.807) is 11.3 Å². The van der Waals surface area contributed by atoms with Crippen LogP contribution in [-0.2, 0) is 0 Å². The van der Waals surface area contributed by atoms with E-state index in [2.05, 4.69) is 29.9 Å². The lowest BCUT2D eigenvalue weighted by Gasteiger charge is -2.06. The first kappa shape index (κ1) is 8.63. The third kappa shape index (κ3) is 1.56. The maximum Gasteiger partial charge on any atom is 0.170 e. The number of aromatic nitrogens is 2. The predicted molar refractivity (Wildman–Crippen MR) is 56.1 cm³/mol. The predicted octanol–water partition coefficient (Wildman–Crippen LogP) is 3.20. The molecule has 0 aliphatic heterocycles. The highest BCUT2D eigenvalue weighted by Gasteiger charge is 2.05. The molecule has 68 valence electrons. The minimum Gasteiger partial charge on any atom is -0.236 e. The Morgan fingerprint density at radius 3 is 3.08 bits per heavy atom. The van der Waals surface area contributed by atoms with Crippen LogP contribution in [0.3, 0.4) is 0 Å². The molecule has 0 amide bonds. The maximum absolute atomic E-state index is 4.31. The van der Waals surface area contributed by atoms with Crippen LogP contribution in [0.15, 0.2) is 17.8 Å². The normalized spacial score (nSPS) is 13.4. The molecule has 0 aliphatic rings. The lowest BCUT2D eigenvalue weighted by Crippen LogP contribution is -1.91.